The van der Waals surface area contributed by atoms with E-state index < -0.39 is 10.0 Å². The Morgan fingerprint density at radius 1 is 0.960 bits per heavy atom. The highest BCUT2D eigenvalue weighted by Gasteiger charge is 2.36. The summed E-state index contributed by atoms with van der Waals surface area (Å²) < 4.78 is 32.4. The molecule has 2 aromatic rings. The summed E-state index contributed by atoms with van der Waals surface area (Å²) in [5.74, 6) is -0.189. The van der Waals surface area contributed by atoms with Gasteiger partial charge in [-0.25, -0.2) is 8.42 Å². The SMILES string of the molecule is O=C1OCC[C@H]1N1CCN(S(=O)(=O)c2ccc3ccccc3c2)CC1. The summed E-state index contributed by atoms with van der Waals surface area (Å²) >= 11 is 0. The van der Waals surface area contributed by atoms with Crippen molar-refractivity contribution in [2.75, 3.05) is 32.8 Å². The number of carbonyl (C=O) groups is 1. The van der Waals surface area contributed by atoms with Gasteiger partial charge >= 0.3 is 5.97 Å². The monoisotopic (exact) mass is 360 g/mol. The molecule has 2 aromatic carbocycles. The fourth-order valence-corrected chi connectivity index (χ4v) is 5.01. The van der Waals surface area contributed by atoms with Gasteiger partial charge in [0.1, 0.15) is 6.04 Å². The summed E-state index contributed by atoms with van der Waals surface area (Å²) in [6.45, 7) is 2.33. The van der Waals surface area contributed by atoms with Crippen LogP contribution in [-0.4, -0.2) is 62.4 Å². The fourth-order valence-electron chi connectivity index (χ4n) is 3.55. The highest BCUT2D eigenvalue weighted by Crippen LogP contribution is 2.24. The fraction of sp³-hybridized carbons (Fsp3) is 0.389. The number of piperazine rings is 1. The maximum atomic E-state index is 12.9. The van der Waals surface area contributed by atoms with Crippen LogP contribution in [0.5, 0.6) is 0 Å². The molecule has 2 saturated heterocycles. The lowest BCUT2D eigenvalue weighted by Gasteiger charge is -2.35. The number of benzene rings is 2. The number of esters is 1. The predicted molar refractivity (Wildman–Crippen MR) is 93.6 cm³/mol. The Bertz CT molecular complexity index is 904. The van der Waals surface area contributed by atoms with Crippen molar-refractivity contribution in [2.45, 2.75) is 17.4 Å². The molecular weight excluding hydrogens is 340 g/mol. The minimum Gasteiger partial charge on any atom is -0.464 e. The van der Waals surface area contributed by atoms with E-state index in [1.807, 2.05) is 35.2 Å². The first-order chi connectivity index (χ1) is 12.1. The van der Waals surface area contributed by atoms with E-state index in [2.05, 4.69) is 0 Å². The topological polar surface area (TPSA) is 66.9 Å². The number of hydrogen-bond donors (Lipinski definition) is 0. The standard InChI is InChI=1S/C18H20N2O4S/c21-18-17(7-12-24-18)19-8-10-20(11-9-19)25(22,23)16-6-5-14-3-1-2-4-15(14)13-16/h1-6,13,17H,7-12H2/t17-/m1/s1. The average molecular weight is 360 g/mol. The van der Waals surface area contributed by atoms with E-state index in [-0.39, 0.29) is 12.0 Å². The molecule has 6 nitrogen and oxygen atoms in total. The van der Waals surface area contributed by atoms with Gasteiger partial charge in [0.25, 0.3) is 0 Å². The van der Waals surface area contributed by atoms with E-state index in [0.29, 0.717) is 44.1 Å². The number of cyclic esters (lactones) is 1. The Morgan fingerprint density at radius 2 is 1.68 bits per heavy atom. The molecule has 0 N–H and O–H groups in total. The van der Waals surface area contributed by atoms with Crippen LogP contribution in [0.4, 0.5) is 0 Å². The molecule has 2 heterocycles. The van der Waals surface area contributed by atoms with E-state index in [0.717, 1.165) is 10.8 Å². The molecule has 4 rings (SSSR count). The van der Waals surface area contributed by atoms with Crippen molar-refractivity contribution in [1.82, 2.24) is 9.21 Å². The summed E-state index contributed by atoms with van der Waals surface area (Å²) in [7, 11) is -3.52. The van der Waals surface area contributed by atoms with Crippen molar-refractivity contribution in [2.24, 2.45) is 0 Å². The first-order valence-corrected chi connectivity index (χ1v) is 9.89. The summed E-state index contributed by atoms with van der Waals surface area (Å²) in [6.07, 6.45) is 0.691. The molecule has 2 fully saturated rings. The van der Waals surface area contributed by atoms with Crippen molar-refractivity contribution in [3.8, 4) is 0 Å². The van der Waals surface area contributed by atoms with E-state index in [1.54, 1.807) is 12.1 Å². The number of hydrogen-bond acceptors (Lipinski definition) is 5. The smallest absolute Gasteiger partial charge is 0.323 e. The van der Waals surface area contributed by atoms with Crippen molar-refractivity contribution in [3.63, 3.8) is 0 Å². The normalized spacial score (nSPS) is 23.0. The lowest BCUT2D eigenvalue weighted by Crippen LogP contribution is -2.52. The summed E-state index contributed by atoms with van der Waals surface area (Å²) in [5, 5.41) is 1.93. The molecular formula is C18H20N2O4S. The van der Waals surface area contributed by atoms with Crippen molar-refractivity contribution >= 4 is 26.8 Å². The van der Waals surface area contributed by atoms with E-state index >= 15 is 0 Å². The van der Waals surface area contributed by atoms with Gasteiger partial charge in [-0.1, -0.05) is 30.3 Å². The van der Waals surface area contributed by atoms with Gasteiger partial charge in [0, 0.05) is 32.6 Å². The minimum absolute atomic E-state index is 0.189. The zero-order chi connectivity index (χ0) is 17.4. The molecule has 2 aliphatic heterocycles. The van der Waals surface area contributed by atoms with Crippen LogP contribution < -0.4 is 0 Å². The van der Waals surface area contributed by atoms with Crippen LogP contribution >= 0.6 is 0 Å². The van der Waals surface area contributed by atoms with Crippen LogP contribution in [0.2, 0.25) is 0 Å². The molecule has 0 saturated carbocycles. The highest BCUT2D eigenvalue weighted by molar-refractivity contribution is 7.89. The lowest BCUT2D eigenvalue weighted by atomic mass is 10.1. The Morgan fingerprint density at radius 3 is 2.36 bits per heavy atom. The second-order valence-electron chi connectivity index (χ2n) is 6.42. The second kappa shape index (κ2) is 6.40. The summed E-state index contributed by atoms with van der Waals surface area (Å²) in [5.41, 5.74) is 0. The lowest BCUT2D eigenvalue weighted by molar-refractivity contribution is -0.142. The Hall–Kier alpha value is -1.96. The van der Waals surface area contributed by atoms with Crippen LogP contribution in [0, 0.1) is 0 Å². The number of carbonyl (C=O) groups excluding carboxylic acids is 1. The minimum atomic E-state index is -3.52. The number of fused-ring (bicyclic) bond motifs is 1. The molecule has 0 spiro atoms. The van der Waals surface area contributed by atoms with Crippen LogP contribution in [0.15, 0.2) is 47.4 Å². The highest BCUT2D eigenvalue weighted by atomic mass is 32.2. The van der Waals surface area contributed by atoms with Gasteiger partial charge in [-0.2, -0.15) is 4.31 Å². The van der Waals surface area contributed by atoms with Gasteiger partial charge in [-0.15, -0.1) is 0 Å². The van der Waals surface area contributed by atoms with Gasteiger partial charge in [-0.05, 0) is 22.9 Å². The molecule has 0 unspecified atom stereocenters. The largest absolute Gasteiger partial charge is 0.464 e. The average Bonchev–Trinajstić information content (AvgIpc) is 3.07. The van der Waals surface area contributed by atoms with E-state index in [4.69, 9.17) is 4.74 Å². The zero-order valence-corrected chi connectivity index (χ0v) is 14.6. The van der Waals surface area contributed by atoms with Gasteiger partial charge in [0.2, 0.25) is 10.0 Å². The van der Waals surface area contributed by atoms with E-state index in [1.165, 1.54) is 4.31 Å². The first kappa shape index (κ1) is 16.5. The van der Waals surface area contributed by atoms with Crippen LogP contribution in [0.3, 0.4) is 0 Å². The molecule has 0 radical (unpaired) electrons. The molecule has 0 aliphatic carbocycles. The van der Waals surface area contributed by atoms with Crippen molar-refractivity contribution in [3.05, 3.63) is 42.5 Å². The third-order valence-corrected chi connectivity index (χ3v) is 6.88. The van der Waals surface area contributed by atoms with Gasteiger partial charge in [-0.3, -0.25) is 9.69 Å². The molecule has 132 valence electrons. The molecule has 0 aromatic heterocycles. The third-order valence-electron chi connectivity index (χ3n) is 4.98. The maximum absolute atomic E-state index is 12.9. The maximum Gasteiger partial charge on any atom is 0.323 e. The van der Waals surface area contributed by atoms with Gasteiger partial charge in [0.05, 0.1) is 11.5 Å². The van der Waals surface area contributed by atoms with Gasteiger partial charge < -0.3 is 4.74 Å². The summed E-state index contributed by atoms with van der Waals surface area (Å²) in [4.78, 5) is 14.1. The molecule has 1 atom stereocenters. The second-order valence-corrected chi connectivity index (χ2v) is 8.36. The molecule has 25 heavy (non-hydrogen) atoms. The quantitative estimate of drug-likeness (QED) is 0.776. The van der Waals surface area contributed by atoms with Crippen LogP contribution in [0.1, 0.15) is 6.42 Å². The zero-order valence-electron chi connectivity index (χ0n) is 13.8. The Labute approximate surface area is 147 Å². The van der Waals surface area contributed by atoms with Crippen LogP contribution in [-0.2, 0) is 19.6 Å². The van der Waals surface area contributed by atoms with Gasteiger partial charge in [0.15, 0.2) is 0 Å². The predicted octanol–water partition coefficient (Wildman–Crippen LogP) is 1.46. The molecule has 7 heteroatoms. The molecule has 0 bridgehead atoms. The summed E-state index contributed by atoms with van der Waals surface area (Å²) in [6, 6.07) is 12.7. The first-order valence-electron chi connectivity index (χ1n) is 8.45. The van der Waals surface area contributed by atoms with Crippen LogP contribution in [0.25, 0.3) is 10.8 Å². The third kappa shape index (κ3) is 3.03. The Balaban J connectivity index is 1.51. The van der Waals surface area contributed by atoms with E-state index in [9.17, 15) is 13.2 Å². The van der Waals surface area contributed by atoms with Crippen molar-refractivity contribution < 1.29 is 17.9 Å². The number of ether oxygens (including phenoxy) is 1. The number of sulfonamides is 1. The Kier molecular flexibility index (Phi) is 4.23. The number of nitrogens with zero attached hydrogens (tertiary/aromatic N) is 2. The molecule has 0 amide bonds. The number of rotatable bonds is 3. The molecule has 2 aliphatic rings. The van der Waals surface area contributed by atoms with Crippen molar-refractivity contribution in [1.29, 1.82) is 0 Å².